The highest BCUT2D eigenvalue weighted by molar-refractivity contribution is 9.10. The van der Waals surface area contributed by atoms with Crippen molar-refractivity contribution in [3.8, 4) is 11.3 Å². The fraction of sp³-hybridized carbons (Fsp3) is 0.111. The molecule has 0 fully saturated rings. The van der Waals surface area contributed by atoms with E-state index in [9.17, 15) is 13.2 Å². The summed E-state index contributed by atoms with van der Waals surface area (Å²) in [4.78, 5) is 16.9. The highest BCUT2D eigenvalue weighted by Crippen LogP contribution is 2.26. The minimum Gasteiger partial charge on any atom is -0.298 e. The molecule has 0 aliphatic rings. The molecule has 1 heterocycles. The van der Waals surface area contributed by atoms with Crippen molar-refractivity contribution < 1.29 is 13.2 Å². The van der Waals surface area contributed by atoms with Crippen LogP contribution in [-0.4, -0.2) is 37.7 Å². The number of aromatic nitrogens is 1. The van der Waals surface area contributed by atoms with Crippen LogP contribution in [0.1, 0.15) is 10.4 Å². The Morgan fingerprint density at radius 3 is 2.30 bits per heavy atom. The van der Waals surface area contributed by atoms with Crippen LogP contribution in [0.3, 0.4) is 0 Å². The van der Waals surface area contributed by atoms with E-state index in [1.807, 2.05) is 29.6 Å². The van der Waals surface area contributed by atoms with E-state index in [1.54, 1.807) is 0 Å². The first-order valence-corrected chi connectivity index (χ1v) is 10.9. The molecule has 3 rings (SSSR count). The number of benzene rings is 2. The largest absolute Gasteiger partial charge is 0.298 e. The highest BCUT2D eigenvalue weighted by atomic mass is 79.9. The lowest BCUT2D eigenvalue weighted by molar-refractivity contribution is 0.102. The van der Waals surface area contributed by atoms with Crippen molar-refractivity contribution in [1.82, 2.24) is 9.29 Å². The van der Waals surface area contributed by atoms with Crippen LogP contribution >= 0.6 is 27.3 Å². The lowest BCUT2D eigenvalue weighted by Gasteiger charge is -2.11. The zero-order valence-corrected chi connectivity index (χ0v) is 17.7. The number of hydrogen-bond donors (Lipinski definition) is 1. The number of amides is 1. The molecule has 27 heavy (non-hydrogen) atoms. The average molecular weight is 466 g/mol. The predicted octanol–water partition coefficient (Wildman–Crippen LogP) is 4.08. The molecule has 0 aliphatic heterocycles. The first-order chi connectivity index (χ1) is 12.8. The fourth-order valence-corrected chi connectivity index (χ4v) is 4.12. The number of nitrogens with zero attached hydrogens (tertiary/aromatic N) is 2. The number of thiazole rings is 1. The van der Waals surface area contributed by atoms with Gasteiger partial charge in [0.05, 0.1) is 10.6 Å². The number of hydrogen-bond acceptors (Lipinski definition) is 5. The summed E-state index contributed by atoms with van der Waals surface area (Å²) in [6, 6.07) is 13.5. The Hall–Kier alpha value is -2.07. The van der Waals surface area contributed by atoms with Gasteiger partial charge >= 0.3 is 0 Å². The Balaban J connectivity index is 1.73. The van der Waals surface area contributed by atoms with E-state index < -0.39 is 10.0 Å². The van der Waals surface area contributed by atoms with Gasteiger partial charge in [0.1, 0.15) is 0 Å². The molecule has 0 unspecified atom stereocenters. The van der Waals surface area contributed by atoms with Gasteiger partial charge < -0.3 is 0 Å². The number of sulfonamides is 1. The topological polar surface area (TPSA) is 79.4 Å². The number of halogens is 1. The highest BCUT2D eigenvalue weighted by Gasteiger charge is 2.18. The summed E-state index contributed by atoms with van der Waals surface area (Å²) >= 11 is 4.72. The van der Waals surface area contributed by atoms with Gasteiger partial charge in [0.25, 0.3) is 5.91 Å². The molecule has 3 aromatic rings. The van der Waals surface area contributed by atoms with Crippen molar-refractivity contribution in [2.75, 3.05) is 19.4 Å². The third-order valence-electron chi connectivity index (χ3n) is 3.76. The van der Waals surface area contributed by atoms with E-state index in [-0.39, 0.29) is 10.8 Å². The van der Waals surface area contributed by atoms with E-state index in [0.717, 1.165) is 20.0 Å². The molecule has 0 saturated carbocycles. The van der Waals surface area contributed by atoms with Gasteiger partial charge in [0, 0.05) is 35.1 Å². The zero-order chi connectivity index (χ0) is 19.6. The average Bonchev–Trinajstić information content (AvgIpc) is 3.10. The van der Waals surface area contributed by atoms with E-state index >= 15 is 0 Å². The smallest absolute Gasteiger partial charge is 0.257 e. The van der Waals surface area contributed by atoms with E-state index in [4.69, 9.17) is 0 Å². The Kier molecular flexibility index (Phi) is 5.75. The summed E-state index contributed by atoms with van der Waals surface area (Å²) in [6.45, 7) is 0. The van der Waals surface area contributed by atoms with Crippen molar-refractivity contribution >= 4 is 48.3 Å². The summed E-state index contributed by atoms with van der Waals surface area (Å²) in [6.07, 6.45) is 0. The molecule has 0 saturated heterocycles. The van der Waals surface area contributed by atoms with E-state index in [0.29, 0.717) is 10.7 Å². The number of anilines is 1. The van der Waals surface area contributed by atoms with Crippen molar-refractivity contribution in [1.29, 1.82) is 0 Å². The van der Waals surface area contributed by atoms with Gasteiger partial charge in [0.2, 0.25) is 10.0 Å². The van der Waals surface area contributed by atoms with Crippen molar-refractivity contribution in [3.05, 3.63) is 63.9 Å². The number of carbonyl (C=O) groups is 1. The summed E-state index contributed by atoms with van der Waals surface area (Å²) in [7, 11) is -0.601. The molecule has 0 aliphatic carbocycles. The minimum atomic E-state index is -3.52. The van der Waals surface area contributed by atoms with Gasteiger partial charge in [0.15, 0.2) is 5.13 Å². The molecule has 1 N–H and O–H groups in total. The second-order valence-electron chi connectivity index (χ2n) is 5.81. The quantitative estimate of drug-likeness (QED) is 0.615. The third-order valence-corrected chi connectivity index (χ3v) is 6.88. The SMILES string of the molecule is CN(C)S(=O)(=O)c1ccc(C(=O)Nc2nc(-c3ccc(Br)cc3)cs2)cc1. The molecule has 6 nitrogen and oxygen atoms in total. The Morgan fingerprint density at radius 2 is 1.70 bits per heavy atom. The van der Waals surface area contributed by atoms with Crippen LogP contribution in [-0.2, 0) is 10.0 Å². The molecule has 1 aromatic heterocycles. The molecule has 9 heteroatoms. The first-order valence-electron chi connectivity index (χ1n) is 7.83. The summed E-state index contributed by atoms with van der Waals surface area (Å²) in [5, 5.41) is 5.08. The summed E-state index contributed by atoms with van der Waals surface area (Å²) in [5.74, 6) is -0.347. The van der Waals surface area contributed by atoms with Gasteiger partial charge in [-0.25, -0.2) is 17.7 Å². The Labute approximate surface area is 170 Å². The van der Waals surface area contributed by atoms with Crippen LogP contribution < -0.4 is 5.32 Å². The molecule has 0 radical (unpaired) electrons. The molecule has 140 valence electrons. The molecule has 0 spiro atoms. The monoisotopic (exact) mass is 465 g/mol. The maximum Gasteiger partial charge on any atom is 0.257 e. The number of carbonyl (C=O) groups excluding carboxylic acids is 1. The maximum absolute atomic E-state index is 12.4. The Morgan fingerprint density at radius 1 is 1.07 bits per heavy atom. The van der Waals surface area contributed by atoms with Crippen LogP contribution in [0.15, 0.2) is 63.3 Å². The molecular weight excluding hydrogens is 450 g/mol. The fourth-order valence-electron chi connectivity index (χ4n) is 2.24. The van der Waals surface area contributed by atoms with E-state index in [2.05, 4.69) is 26.2 Å². The molecular formula is C18H16BrN3O3S2. The lowest BCUT2D eigenvalue weighted by Crippen LogP contribution is -2.22. The maximum atomic E-state index is 12.4. The third kappa shape index (κ3) is 4.44. The van der Waals surface area contributed by atoms with Gasteiger partial charge in [-0.05, 0) is 36.4 Å². The standard InChI is InChI=1S/C18H16BrN3O3S2/c1-22(2)27(24,25)15-9-5-13(6-10-15)17(23)21-18-20-16(11-26-18)12-3-7-14(19)8-4-12/h3-11H,1-2H3,(H,20,21,23). The van der Waals surface area contributed by atoms with Crippen LogP contribution in [0.25, 0.3) is 11.3 Å². The van der Waals surface area contributed by atoms with Gasteiger partial charge in [-0.2, -0.15) is 0 Å². The Bertz CT molecular complexity index is 1060. The predicted molar refractivity (Wildman–Crippen MR) is 111 cm³/mol. The van der Waals surface area contributed by atoms with Gasteiger partial charge in [-0.3, -0.25) is 10.1 Å². The second kappa shape index (κ2) is 7.89. The number of rotatable bonds is 5. The number of nitrogens with one attached hydrogen (secondary N) is 1. The van der Waals surface area contributed by atoms with Crippen LogP contribution in [0.4, 0.5) is 5.13 Å². The molecule has 0 bridgehead atoms. The summed E-state index contributed by atoms with van der Waals surface area (Å²) < 4.78 is 26.3. The normalized spacial score (nSPS) is 11.6. The van der Waals surface area contributed by atoms with Crippen LogP contribution in [0.5, 0.6) is 0 Å². The first kappa shape index (κ1) is 19.7. The van der Waals surface area contributed by atoms with Crippen molar-refractivity contribution in [2.45, 2.75) is 4.90 Å². The van der Waals surface area contributed by atoms with Crippen LogP contribution in [0, 0.1) is 0 Å². The molecule has 1 amide bonds. The lowest BCUT2D eigenvalue weighted by atomic mass is 10.2. The van der Waals surface area contributed by atoms with Crippen LogP contribution in [0.2, 0.25) is 0 Å². The zero-order valence-electron chi connectivity index (χ0n) is 14.5. The van der Waals surface area contributed by atoms with Gasteiger partial charge in [-0.15, -0.1) is 11.3 Å². The second-order valence-corrected chi connectivity index (χ2v) is 9.74. The van der Waals surface area contributed by atoms with Crippen molar-refractivity contribution in [3.63, 3.8) is 0 Å². The molecule has 2 aromatic carbocycles. The van der Waals surface area contributed by atoms with E-state index in [1.165, 1.54) is 49.7 Å². The molecule has 0 atom stereocenters. The summed E-state index contributed by atoms with van der Waals surface area (Å²) in [5.41, 5.74) is 2.08. The van der Waals surface area contributed by atoms with Crippen molar-refractivity contribution in [2.24, 2.45) is 0 Å². The van der Waals surface area contributed by atoms with Gasteiger partial charge in [-0.1, -0.05) is 28.1 Å². The minimum absolute atomic E-state index is 0.135.